The lowest BCUT2D eigenvalue weighted by Gasteiger charge is -2.26. The van der Waals surface area contributed by atoms with Gasteiger partial charge in [0, 0.05) is 6.54 Å². The standard InChI is InChI=1S/C14H22N2O4S/c1-4-6-10-13-11(16(14(10)18)21(3,19)20)8-9-15(13)12(17)7-5-2/h5,7,10-11,13H,4,6,8-9H2,1-3H3/b7-5+/t10-,11+,13-/m1/s1. The Bertz CT molecular complexity index is 570. The van der Waals surface area contributed by atoms with Crippen molar-refractivity contribution in [2.45, 2.75) is 45.2 Å². The zero-order chi connectivity index (χ0) is 15.8. The van der Waals surface area contributed by atoms with Crippen LogP contribution in [0.5, 0.6) is 0 Å². The van der Waals surface area contributed by atoms with Gasteiger partial charge in [-0.3, -0.25) is 9.59 Å². The van der Waals surface area contributed by atoms with Crippen molar-refractivity contribution >= 4 is 21.8 Å². The molecule has 0 N–H and O–H groups in total. The van der Waals surface area contributed by atoms with Crippen molar-refractivity contribution in [1.29, 1.82) is 0 Å². The monoisotopic (exact) mass is 314 g/mol. The number of sulfonamides is 1. The predicted molar refractivity (Wildman–Crippen MR) is 78.8 cm³/mol. The molecule has 2 saturated heterocycles. The Kier molecular flexibility index (Phi) is 4.41. The van der Waals surface area contributed by atoms with E-state index in [2.05, 4.69) is 0 Å². The van der Waals surface area contributed by atoms with Gasteiger partial charge in [-0.2, -0.15) is 0 Å². The van der Waals surface area contributed by atoms with E-state index in [9.17, 15) is 18.0 Å². The number of carbonyl (C=O) groups is 2. The van der Waals surface area contributed by atoms with E-state index in [-0.39, 0.29) is 17.9 Å². The Morgan fingerprint density at radius 1 is 1.43 bits per heavy atom. The highest BCUT2D eigenvalue weighted by Gasteiger charge is 2.56. The van der Waals surface area contributed by atoms with Gasteiger partial charge in [-0.25, -0.2) is 12.7 Å². The van der Waals surface area contributed by atoms with Crippen LogP contribution < -0.4 is 0 Å². The third-order valence-corrected chi connectivity index (χ3v) is 5.38. The molecule has 2 aliphatic rings. The molecule has 2 rings (SSSR count). The second kappa shape index (κ2) is 5.79. The summed E-state index contributed by atoms with van der Waals surface area (Å²) in [6, 6.07) is -0.728. The molecule has 0 aliphatic carbocycles. The van der Waals surface area contributed by atoms with Gasteiger partial charge in [0.05, 0.1) is 24.3 Å². The topological polar surface area (TPSA) is 74.8 Å². The van der Waals surface area contributed by atoms with Crippen molar-refractivity contribution in [2.24, 2.45) is 5.92 Å². The maximum Gasteiger partial charge on any atom is 0.246 e. The number of fused-ring (bicyclic) bond motifs is 1. The van der Waals surface area contributed by atoms with Crippen LogP contribution in [0.4, 0.5) is 0 Å². The summed E-state index contributed by atoms with van der Waals surface area (Å²) in [5, 5.41) is 0. The largest absolute Gasteiger partial charge is 0.333 e. The van der Waals surface area contributed by atoms with E-state index in [1.165, 1.54) is 6.08 Å². The number of hydrogen-bond donors (Lipinski definition) is 0. The van der Waals surface area contributed by atoms with E-state index < -0.39 is 22.0 Å². The minimum atomic E-state index is -3.59. The number of nitrogens with zero attached hydrogens (tertiary/aromatic N) is 2. The third kappa shape index (κ3) is 2.71. The van der Waals surface area contributed by atoms with Crippen molar-refractivity contribution in [2.75, 3.05) is 12.8 Å². The van der Waals surface area contributed by atoms with Crippen molar-refractivity contribution in [1.82, 2.24) is 9.21 Å². The molecule has 3 atom stereocenters. The molecular formula is C14H22N2O4S. The number of amides is 2. The zero-order valence-electron chi connectivity index (χ0n) is 12.7. The molecule has 118 valence electrons. The van der Waals surface area contributed by atoms with Crippen LogP contribution >= 0.6 is 0 Å². The van der Waals surface area contributed by atoms with E-state index in [0.29, 0.717) is 19.4 Å². The zero-order valence-corrected chi connectivity index (χ0v) is 13.5. The van der Waals surface area contributed by atoms with E-state index in [1.54, 1.807) is 17.9 Å². The number of allylic oxidation sites excluding steroid dienone is 1. The van der Waals surface area contributed by atoms with Gasteiger partial charge in [0.2, 0.25) is 21.8 Å². The summed E-state index contributed by atoms with van der Waals surface area (Å²) in [5.41, 5.74) is 0. The van der Waals surface area contributed by atoms with E-state index in [4.69, 9.17) is 0 Å². The Hall–Kier alpha value is -1.37. The van der Waals surface area contributed by atoms with Gasteiger partial charge in [0.1, 0.15) is 0 Å². The van der Waals surface area contributed by atoms with Gasteiger partial charge >= 0.3 is 0 Å². The molecule has 0 aromatic rings. The molecule has 0 saturated carbocycles. The summed E-state index contributed by atoms with van der Waals surface area (Å²) in [4.78, 5) is 26.3. The molecule has 2 amide bonds. The molecule has 0 radical (unpaired) electrons. The molecule has 7 heteroatoms. The van der Waals surface area contributed by atoms with Gasteiger partial charge in [0.25, 0.3) is 0 Å². The lowest BCUT2D eigenvalue weighted by Crippen LogP contribution is -2.42. The first kappa shape index (κ1) is 16.0. The van der Waals surface area contributed by atoms with E-state index >= 15 is 0 Å². The molecule has 2 fully saturated rings. The molecule has 2 heterocycles. The maximum atomic E-state index is 12.5. The molecule has 2 aliphatic heterocycles. The highest BCUT2D eigenvalue weighted by atomic mass is 32.2. The highest BCUT2D eigenvalue weighted by Crippen LogP contribution is 2.39. The average molecular weight is 314 g/mol. The van der Waals surface area contributed by atoms with Gasteiger partial charge in [-0.05, 0) is 25.8 Å². The fourth-order valence-electron chi connectivity index (χ4n) is 3.52. The first-order valence-electron chi connectivity index (χ1n) is 7.29. The fourth-order valence-corrected chi connectivity index (χ4v) is 4.71. The average Bonchev–Trinajstić information content (AvgIpc) is 2.88. The Labute approximate surface area is 125 Å². The quantitative estimate of drug-likeness (QED) is 0.718. The Morgan fingerprint density at radius 2 is 2.10 bits per heavy atom. The first-order valence-corrected chi connectivity index (χ1v) is 9.14. The van der Waals surface area contributed by atoms with Crippen LogP contribution in [0.2, 0.25) is 0 Å². The van der Waals surface area contributed by atoms with Crippen molar-refractivity contribution in [3.05, 3.63) is 12.2 Å². The van der Waals surface area contributed by atoms with E-state index in [0.717, 1.165) is 17.0 Å². The maximum absolute atomic E-state index is 12.5. The van der Waals surface area contributed by atoms with E-state index in [1.807, 2.05) is 6.92 Å². The van der Waals surface area contributed by atoms with Gasteiger partial charge < -0.3 is 4.90 Å². The van der Waals surface area contributed by atoms with Gasteiger partial charge in [0.15, 0.2) is 0 Å². The second-order valence-electron chi connectivity index (χ2n) is 5.67. The lowest BCUT2D eigenvalue weighted by atomic mass is 9.94. The molecule has 0 unspecified atom stereocenters. The molecule has 0 bridgehead atoms. The molecule has 0 aromatic carbocycles. The van der Waals surface area contributed by atoms with Crippen molar-refractivity contribution in [3.63, 3.8) is 0 Å². The summed E-state index contributed by atoms with van der Waals surface area (Å²) in [6.45, 7) is 4.22. The SMILES string of the molecule is C/C=C/C(=O)N1CC[C@H]2[C@H]1[C@@H](CCC)C(=O)N2S(C)(=O)=O. The summed E-state index contributed by atoms with van der Waals surface area (Å²) in [7, 11) is -3.59. The molecule has 21 heavy (non-hydrogen) atoms. The molecule has 6 nitrogen and oxygen atoms in total. The number of hydrogen-bond acceptors (Lipinski definition) is 4. The minimum Gasteiger partial charge on any atom is -0.333 e. The van der Waals surface area contributed by atoms with Crippen LogP contribution in [-0.4, -0.2) is 54.3 Å². The molecule has 0 aromatic heterocycles. The van der Waals surface area contributed by atoms with Crippen LogP contribution in [-0.2, 0) is 19.6 Å². The normalized spacial score (nSPS) is 29.5. The second-order valence-corrected chi connectivity index (χ2v) is 7.53. The van der Waals surface area contributed by atoms with Gasteiger partial charge in [-0.15, -0.1) is 0 Å². The fraction of sp³-hybridized carbons (Fsp3) is 0.714. The predicted octanol–water partition coefficient (Wildman–Crippen LogP) is 0.750. The molecule has 0 spiro atoms. The third-order valence-electron chi connectivity index (χ3n) is 4.22. The number of carbonyl (C=O) groups excluding carboxylic acids is 2. The lowest BCUT2D eigenvalue weighted by molar-refractivity contribution is -0.130. The van der Waals surface area contributed by atoms with Crippen LogP contribution in [0, 0.1) is 5.92 Å². The van der Waals surface area contributed by atoms with Crippen LogP contribution in [0.15, 0.2) is 12.2 Å². The summed E-state index contributed by atoms with van der Waals surface area (Å²) in [6.07, 6.45) is 6.10. The van der Waals surface area contributed by atoms with Gasteiger partial charge in [-0.1, -0.05) is 19.4 Å². The first-order chi connectivity index (χ1) is 9.82. The number of likely N-dealkylation sites (tertiary alicyclic amines) is 1. The summed E-state index contributed by atoms with van der Waals surface area (Å²) >= 11 is 0. The Morgan fingerprint density at radius 3 is 2.62 bits per heavy atom. The number of rotatable bonds is 4. The van der Waals surface area contributed by atoms with Crippen LogP contribution in [0.1, 0.15) is 33.1 Å². The summed E-state index contributed by atoms with van der Waals surface area (Å²) in [5.74, 6) is -0.909. The molecular weight excluding hydrogens is 292 g/mol. The minimum absolute atomic E-state index is 0.144. The smallest absolute Gasteiger partial charge is 0.246 e. The summed E-state index contributed by atoms with van der Waals surface area (Å²) < 4.78 is 24.9. The van der Waals surface area contributed by atoms with Crippen LogP contribution in [0.3, 0.4) is 0 Å². The Balaban J connectivity index is 2.38. The highest BCUT2D eigenvalue weighted by molar-refractivity contribution is 7.88. The van der Waals surface area contributed by atoms with Crippen molar-refractivity contribution < 1.29 is 18.0 Å². The van der Waals surface area contributed by atoms with Crippen LogP contribution in [0.25, 0.3) is 0 Å². The van der Waals surface area contributed by atoms with Crippen molar-refractivity contribution in [3.8, 4) is 0 Å².